The number of nitrogens with one attached hydrogen (secondary N) is 2. The third-order valence-electron chi connectivity index (χ3n) is 6.64. The van der Waals surface area contributed by atoms with Crippen molar-refractivity contribution in [3.8, 4) is 0 Å². The molecule has 1 aromatic carbocycles. The summed E-state index contributed by atoms with van der Waals surface area (Å²) in [6.45, 7) is 7.22. The Morgan fingerprint density at radius 1 is 1.18 bits per heavy atom. The topological polar surface area (TPSA) is 64.7 Å². The Balaban J connectivity index is 1.32. The average Bonchev–Trinajstić information content (AvgIpc) is 3.17. The number of carbonyl (C=O) groups is 2. The molecule has 3 aliphatic heterocycles. The molecule has 0 radical (unpaired) electrons. The zero-order valence-electron chi connectivity index (χ0n) is 17.0. The van der Waals surface area contributed by atoms with E-state index in [1.165, 1.54) is 19.3 Å². The number of carbonyl (C=O) groups excluding carboxylic acids is 2. The van der Waals surface area contributed by atoms with Gasteiger partial charge in [0.15, 0.2) is 0 Å². The molecule has 0 spiro atoms. The second-order valence-electron chi connectivity index (χ2n) is 8.55. The van der Waals surface area contributed by atoms with Crippen molar-refractivity contribution >= 4 is 23.2 Å². The van der Waals surface area contributed by atoms with Crippen LogP contribution in [0.25, 0.3) is 0 Å². The Labute approximate surface area is 167 Å². The van der Waals surface area contributed by atoms with Gasteiger partial charge in [-0.05, 0) is 64.2 Å². The molecule has 3 heterocycles. The highest BCUT2D eigenvalue weighted by Crippen LogP contribution is 2.37. The van der Waals surface area contributed by atoms with Crippen LogP contribution < -0.4 is 15.5 Å². The number of fused-ring (bicyclic) bond motifs is 3. The van der Waals surface area contributed by atoms with Gasteiger partial charge in [-0.1, -0.05) is 6.42 Å². The van der Waals surface area contributed by atoms with E-state index in [-0.39, 0.29) is 17.9 Å². The maximum absolute atomic E-state index is 12.6. The summed E-state index contributed by atoms with van der Waals surface area (Å²) in [5, 5.41) is 6.02. The van der Waals surface area contributed by atoms with Crippen LogP contribution in [0.4, 0.5) is 11.4 Å². The van der Waals surface area contributed by atoms with Crippen molar-refractivity contribution in [1.82, 2.24) is 10.2 Å². The lowest BCUT2D eigenvalue weighted by Gasteiger charge is -2.39. The molecule has 0 aromatic heterocycles. The first kappa shape index (κ1) is 19.2. The molecule has 0 bridgehead atoms. The van der Waals surface area contributed by atoms with E-state index in [9.17, 15) is 9.59 Å². The van der Waals surface area contributed by atoms with E-state index in [0.717, 1.165) is 43.7 Å². The molecule has 2 amide bonds. The van der Waals surface area contributed by atoms with Crippen molar-refractivity contribution < 1.29 is 9.59 Å². The van der Waals surface area contributed by atoms with Gasteiger partial charge in [0, 0.05) is 37.3 Å². The minimum absolute atomic E-state index is 0.0485. The van der Waals surface area contributed by atoms with Crippen molar-refractivity contribution in [2.75, 3.05) is 29.9 Å². The van der Waals surface area contributed by atoms with Crippen LogP contribution in [-0.2, 0) is 4.79 Å². The molecule has 2 fully saturated rings. The number of nitrogens with zero attached hydrogens (tertiary/aromatic N) is 2. The fourth-order valence-corrected chi connectivity index (χ4v) is 5.05. The van der Waals surface area contributed by atoms with Crippen molar-refractivity contribution in [1.29, 1.82) is 0 Å². The maximum Gasteiger partial charge on any atom is 0.251 e. The molecule has 2 N–H and O–H groups in total. The van der Waals surface area contributed by atoms with E-state index in [1.54, 1.807) is 0 Å². The minimum Gasteiger partial charge on any atom is -0.358 e. The van der Waals surface area contributed by atoms with E-state index in [4.69, 9.17) is 0 Å². The van der Waals surface area contributed by atoms with E-state index >= 15 is 0 Å². The van der Waals surface area contributed by atoms with Crippen LogP contribution >= 0.6 is 0 Å². The van der Waals surface area contributed by atoms with Crippen LogP contribution in [0.1, 0.15) is 62.7 Å². The molecule has 1 aromatic rings. The molecule has 6 nitrogen and oxygen atoms in total. The Bertz CT molecular complexity index is 740. The first-order chi connectivity index (χ1) is 13.5. The molecule has 3 unspecified atom stereocenters. The van der Waals surface area contributed by atoms with E-state index in [0.29, 0.717) is 24.2 Å². The highest BCUT2D eigenvalue weighted by Gasteiger charge is 2.36. The van der Waals surface area contributed by atoms with Crippen molar-refractivity contribution in [2.45, 2.75) is 70.5 Å². The molecular weight excluding hydrogens is 352 g/mol. The number of piperidine rings is 1. The Kier molecular flexibility index (Phi) is 5.58. The van der Waals surface area contributed by atoms with Gasteiger partial charge in [-0.2, -0.15) is 0 Å². The summed E-state index contributed by atoms with van der Waals surface area (Å²) in [6.07, 6.45) is 6.76. The number of anilines is 2. The predicted molar refractivity (Wildman–Crippen MR) is 112 cm³/mol. The molecular formula is C22H32N4O2. The molecule has 3 atom stereocenters. The summed E-state index contributed by atoms with van der Waals surface area (Å²) in [7, 11) is 0. The van der Waals surface area contributed by atoms with Crippen molar-refractivity contribution in [3.05, 3.63) is 23.8 Å². The zero-order chi connectivity index (χ0) is 19.7. The molecule has 152 valence electrons. The monoisotopic (exact) mass is 384 g/mol. The zero-order valence-corrected chi connectivity index (χ0v) is 17.0. The van der Waals surface area contributed by atoms with Crippen molar-refractivity contribution in [3.63, 3.8) is 0 Å². The summed E-state index contributed by atoms with van der Waals surface area (Å²) in [6, 6.07) is 6.88. The highest BCUT2D eigenvalue weighted by atomic mass is 16.2. The quantitative estimate of drug-likeness (QED) is 0.766. The van der Waals surface area contributed by atoms with E-state index < -0.39 is 0 Å². The summed E-state index contributed by atoms with van der Waals surface area (Å²) in [5.41, 5.74) is 2.40. The Morgan fingerprint density at radius 2 is 1.96 bits per heavy atom. The van der Waals surface area contributed by atoms with Crippen LogP contribution in [0.2, 0.25) is 0 Å². The molecule has 3 aliphatic rings. The number of amides is 2. The first-order valence-corrected chi connectivity index (χ1v) is 10.8. The van der Waals surface area contributed by atoms with Crippen LogP contribution in [0, 0.1) is 0 Å². The number of hydrogen-bond acceptors (Lipinski definition) is 4. The molecule has 0 aliphatic carbocycles. The summed E-state index contributed by atoms with van der Waals surface area (Å²) in [5.74, 6) is -0.0207. The molecule has 4 rings (SSSR count). The van der Waals surface area contributed by atoms with Crippen LogP contribution in [0.15, 0.2) is 18.2 Å². The second-order valence-corrected chi connectivity index (χ2v) is 8.55. The molecule has 28 heavy (non-hydrogen) atoms. The summed E-state index contributed by atoms with van der Waals surface area (Å²) in [4.78, 5) is 29.6. The number of likely N-dealkylation sites (tertiary alicyclic amines) is 1. The van der Waals surface area contributed by atoms with Crippen LogP contribution in [0.5, 0.6) is 0 Å². The van der Waals surface area contributed by atoms with E-state index in [2.05, 4.69) is 34.3 Å². The number of benzene rings is 1. The normalized spacial score (nSPS) is 27.1. The van der Waals surface area contributed by atoms with Gasteiger partial charge >= 0.3 is 0 Å². The van der Waals surface area contributed by atoms with E-state index in [1.807, 2.05) is 18.2 Å². The van der Waals surface area contributed by atoms with Gasteiger partial charge in [0.1, 0.15) is 6.04 Å². The second kappa shape index (κ2) is 8.11. The SMILES string of the molecule is CC1CCCC(C)N1CCCNC(=O)c1ccc2c(c1)NC(=O)C1CCCN21. The van der Waals surface area contributed by atoms with Crippen molar-refractivity contribution in [2.24, 2.45) is 0 Å². The third-order valence-corrected chi connectivity index (χ3v) is 6.64. The lowest BCUT2D eigenvalue weighted by atomic mass is 9.97. The lowest BCUT2D eigenvalue weighted by molar-refractivity contribution is -0.117. The number of rotatable bonds is 5. The molecule has 2 saturated heterocycles. The van der Waals surface area contributed by atoms with Gasteiger partial charge < -0.3 is 15.5 Å². The summed E-state index contributed by atoms with van der Waals surface area (Å²) < 4.78 is 0. The van der Waals surface area contributed by atoms with Crippen LogP contribution in [0.3, 0.4) is 0 Å². The highest BCUT2D eigenvalue weighted by molar-refractivity contribution is 6.06. The minimum atomic E-state index is -0.0691. The number of hydrogen-bond donors (Lipinski definition) is 2. The van der Waals surface area contributed by atoms with Gasteiger partial charge in [0.05, 0.1) is 11.4 Å². The average molecular weight is 385 g/mol. The maximum atomic E-state index is 12.6. The fourth-order valence-electron chi connectivity index (χ4n) is 5.05. The van der Waals surface area contributed by atoms with Gasteiger partial charge in [-0.3, -0.25) is 14.5 Å². The molecule has 6 heteroatoms. The van der Waals surface area contributed by atoms with Gasteiger partial charge in [0.2, 0.25) is 5.91 Å². The third kappa shape index (κ3) is 3.75. The summed E-state index contributed by atoms with van der Waals surface area (Å²) >= 11 is 0. The first-order valence-electron chi connectivity index (χ1n) is 10.8. The smallest absolute Gasteiger partial charge is 0.251 e. The Hall–Kier alpha value is -2.08. The lowest BCUT2D eigenvalue weighted by Crippen LogP contribution is -2.44. The van der Waals surface area contributed by atoms with Gasteiger partial charge in [-0.25, -0.2) is 0 Å². The fraction of sp³-hybridized carbons (Fsp3) is 0.636. The largest absolute Gasteiger partial charge is 0.358 e. The van der Waals surface area contributed by atoms with Crippen LogP contribution in [-0.4, -0.2) is 54.5 Å². The van der Waals surface area contributed by atoms with Gasteiger partial charge in [-0.15, -0.1) is 0 Å². The Morgan fingerprint density at radius 3 is 2.75 bits per heavy atom. The molecule has 0 saturated carbocycles. The predicted octanol–water partition coefficient (Wildman–Crippen LogP) is 2.99. The van der Waals surface area contributed by atoms with Gasteiger partial charge in [0.25, 0.3) is 5.91 Å². The standard InChI is InChI=1S/C22H32N4O2/c1-15-6-3-7-16(2)25(15)13-5-11-23-21(27)17-9-10-19-18(14-17)24-22(28)20-8-4-12-26(19)20/h9-10,14-16,20H,3-8,11-13H2,1-2H3,(H,23,27)(H,24,28).